The van der Waals surface area contributed by atoms with Gasteiger partial charge < -0.3 is 20.9 Å². The molecule has 0 spiro atoms. The van der Waals surface area contributed by atoms with E-state index in [2.05, 4.69) is 31.0 Å². The minimum atomic E-state index is -0.401. The highest BCUT2D eigenvalue weighted by Crippen LogP contribution is 2.23. The average molecular weight is 392 g/mol. The number of hydrogen-bond acceptors (Lipinski definition) is 5. The van der Waals surface area contributed by atoms with Gasteiger partial charge in [0.25, 0.3) is 0 Å². The molecule has 4 rings (SSSR count). The lowest BCUT2D eigenvalue weighted by atomic mass is 10.2. The number of rotatable bonds is 5. The van der Waals surface area contributed by atoms with Gasteiger partial charge in [-0.25, -0.2) is 9.18 Å². The molecular formula is C21H21FN6O. The van der Waals surface area contributed by atoms with Crippen molar-refractivity contribution in [1.82, 2.24) is 10.2 Å². The molecule has 3 aromatic rings. The zero-order valence-corrected chi connectivity index (χ0v) is 15.7. The van der Waals surface area contributed by atoms with Crippen molar-refractivity contribution in [2.24, 2.45) is 0 Å². The molecule has 0 unspecified atom stereocenters. The summed E-state index contributed by atoms with van der Waals surface area (Å²) in [5, 5.41) is 16.8. The first-order valence-corrected chi connectivity index (χ1v) is 9.44. The Morgan fingerprint density at radius 2 is 1.48 bits per heavy atom. The van der Waals surface area contributed by atoms with E-state index < -0.39 is 6.03 Å². The van der Waals surface area contributed by atoms with Crippen LogP contribution in [-0.4, -0.2) is 29.3 Å². The zero-order valence-electron chi connectivity index (χ0n) is 15.7. The lowest BCUT2D eigenvalue weighted by Gasteiger charge is -2.17. The van der Waals surface area contributed by atoms with Crippen molar-refractivity contribution < 1.29 is 9.18 Å². The smallest absolute Gasteiger partial charge is 0.323 e. The Balaban J connectivity index is 1.34. The fraction of sp³-hybridized carbons (Fsp3) is 0.190. The van der Waals surface area contributed by atoms with Crippen LogP contribution in [0.2, 0.25) is 0 Å². The van der Waals surface area contributed by atoms with Gasteiger partial charge in [0.1, 0.15) is 5.82 Å². The van der Waals surface area contributed by atoms with Crippen LogP contribution in [0, 0.1) is 5.82 Å². The second kappa shape index (κ2) is 8.55. The van der Waals surface area contributed by atoms with E-state index in [4.69, 9.17) is 0 Å². The van der Waals surface area contributed by atoms with Gasteiger partial charge in [-0.15, -0.1) is 5.10 Å². The van der Waals surface area contributed by atoms with Crippen molar-refractivity contribution in [3.8, 4) is 0 Å². The van der Waals surface area contributed by atoms with Crippen LogP contribution < -0.4 is 20.9 Å². The Kier molecular flexibility index (Phi) is 5.51. The van der Waals surface area contributed by atoms with E-state index >= 15 is 0 Å². The quantitative estimate of drug-likeness (QED) is 0.591. The molecule has 1 aliphatic heterocycles. The third kappa shape index (κ3) is 4.98. The molecule has 2 amide bonds. The maximum Gasteiger partial charge on any atom is 0.323 e. The summed E-state index contributed by atoms with van der Waals surface area (Å²) < 4.78 is 12.9. The van der Waals surface area contributed by atoms with Gasteiger partial charge in [0, 0.05) is 36.2 Å². The largest absolute Gasteiger partial charge is 0.370 e. The summed E-state index contributed by atoms with van der Waals surface area (Å²) in [5.74, 6) is 0.318. The van der Waals surface area contributed by atoms with Crippen LogP contribution in [0.4, 0.5) is 37.8 Å². The topological polar surface area (TPSA) is 82.2 Å². The monoisotopic (exact) mass is 392 g/mol. The van der Waals surface area contributed by atoms with Crippen molar-refractivity contribution in [2.45, 2.75) is 12.8 Å². The predicted molar refractivity (Wildman–Crippen MR) is 112 cm³/mol. The number of halogens is 1. The first kappa shape index (κ1) is 18.7. The van der Waals surface area contributed by atoms with Crippen molar-refractivity contribution in [2.75, 3.05) is 33.9 Å². The number of carbonyl (C=O) groups is 1. The van der Waals surface area contributed by atoms with E-state index in [0.29, 0.717) is 17.2 Å². The van der Waals surface area contributed by atoms with Gasteiger partial charge in [-0.3, -0.25) is 0 Å². The second-order valence-electron chi connectivity index (χ2n) is 6.78. The molecule has 0 atom stereocenters. The van der Waals surface area contributed by atoms with Crippen molar-refractivity contribution >= 4 is 34.6 Å². The minimum absolute atomic E-state index is 0.352. The third-order valence-electron chi connectivity index (χ3n) is 4.63. The number of urea groups is 1. The maximum absolute atomic E-state index is 12.9. The van der Waals surface area contributed by atoms with Crippen molar-refractivity contribution in [3.63, 3.8) is 0 Å². The highest BCUT2D eigenvalue weighted by molar-refractivity contribution is 5.99. The van der Waals surface area contributed by atoms with Gasteiger partial charge >= 0.3 is 6.03 Å². The molecule has 8 heteroatoms. The molecule has 0 bridgehead atoms. The molecule has 1 aliphatic rings. The average Bonchev–Trinajstić information content (AvgIpc) is 3.26. The first-order valence-electron chi connectivity index (χ1n) is 9.44. The van der Waals surface area contributed by atoms with Crippen LogP contribution in [0.15, 0.2) is 60.8 Å². The number of nitrogens with zero attached hydrogens (tertiary/aromatic N) is 3. The Morgan fingerprint density at radius 3 is 2.14 bits per heavy atom. The Labute approximate surface area is 168 Å². The summed E-state index contributed by atoms with van der Waals surface area (Å²) in [6.07, 6.45) is 4.19. The van der Waals surface area contributed by atoms with Crippen LogP contribution in [0.3, 0.4) is 0 Å². The number of benzene rings is 2. The number of carbonyl (C=O) groups excluding carboxylic acids is 1. The van der Waals surface area contributed by atoms with E-state index in [0.717, 1.165) is 24.5 Å². The Bertz CT molecular complexity index is 971. The SMILES string of the molecule is O=C(Nc1ccc(F)cc1)Nc1ccc(Nc2cc(N3CCCC3)cnn2)cc1. The Hall–Kier alpha value is -3.68. The zero-order chi connectivity index (χ0) is 20.1. The summed E-state index contributed by atoms with van der Waals surface area (Å²) in [4.78, 5) is 14.3. The highest BCUT2D eigenvalue weighted by atomic mass is 19.1. The fourth-order valence-corrected chi connectivity index (χ4v) is 3.18. The molecule has 1 fully saturated rings. The summed E-state index contributed by atoms with van der Waals surface area (Å²) >= 11 is 0. The van der Waals surface area contributed by atoms with Crippen LogP contribution in [0.1, 0.15) is 12.8 Å². The predicted octanol–water partition coefficient (Wildman–Crippen LogP) is 4.60. The van der Waals surface area contributed by atoms with Crippen LogP contribution >= 0.6 is 0 Å². The fourth-order valence-electron chi connectivity index (χ4n) is 3.18. The summed E-state index contributed by atoms with van der Waals surface area (Å²) in [6, 6.07) is 14.4. The van der Waals surface area contributed by atoms with Gasteiger partial charge in [0.05, 0.1) is 11.9 Å². The number of anilines is 5. The summed E-state index contributed by atoms with van der Waals surface area (Å²) in [5.41, 5.74) is 3.05. The molecule has 3 N–H and O–H groups in total. The molecule has 1 saturated heterocycles. The van der Waals surface area contributed by atoms with E-state index in [1.54, 1.807) is 18.3 Å². The van der Waals surface area contributed by atoms with Crippen molar-refractivity contribution in [3.05, 3.63) is 66.6 Å². The van der Waals surface area contributed by atoms with Crippen LogP contribution in [0.5, 0.6) is 0 Å². The van der Waals surface area contributed by atoms with Crippen molar-refractivity contribution in [1.29, 1.82) is 0 Å². The van der Waals surface area contributed by atoms with Crippen LogP contribution in [0.25, 0.3) is 0 Å². The normalized spacial score (nSPS) is 13.2. The lowest BCUT2D eigenvalue weighted by molar-refractivity contribution is 0.262. The number of amides is 2. The van der Waals surface area contributed by atoms with Crippen LogP contribution in [-0.2, 0) is 0 Å². The number of aromatic nitrogens is 2. The molecule has 2 aromatic carbocycles. The molecule has 0 saturated carbocycles. The maximum atomic E-state index is 12.9. The van der Waals surface area contributed by atoms with E-state index in [1.165, 1.54) is 37.1 Å². The lowest BCUT2D eigenvalue weighted by Crippen LogP contribution is -2.19. The first-order chi connectivity index (χ1) is 14.2. The molecule has 0 radical (unpaired) electrons. The minimum Gasteiger partial charge on any atom is -0.370 e. The summed E-state index contributed by atoms with van der Waals surface area (Å²) in [6.45, 7) is 2.09. The molecule has 148 valence electrons. The molecule has 2 heterocycles. The molecular weight excluding hydrogens is 371 g/mol. The molecule has 0 aliphatic carbocycles. The third-order valence-corrected chi connectivity index (χ3v) is 4.63. The van der Waals surface area contributed by atoms with Gasteiger partial charge in [0.2, 0.25) is 0 Å². The van der Waals surface area contributed by atoms with E-state index in [9.17, 15) is 9.18 Å². The standard InChI is InChI=1S/C21H21FN6O/c22-15-3-5-17(6-4-15)25-21(29)26-18-9-7-16(8-10-18)24-20-13-19(14-23-27-20)28-11-1-2-12-28/h3-10,13-14H,1-2,11-12H2,(H,24,27)(H2,25,26,29). The summed E-state index contributed by atoms with van der Waals surface area (Å²) in [7, 11) is 0. The van der Waals surface area contributed by atoms with Gasteiger partial charge in [-0.2, -0.15) is 5.10 Å². The van der Waals surface area contributed by atoms with E-state index in [1.807, 2.05) is 18.2 Å². The highest BCUT2D eigenvalue weighted by Gasteiger charge is 2.13. The number of nitrogens with one attached hydrogen (secondary N) is 3. The van der Waals surface area contributed by atoms with E-state index in [-0.39, 0.29) is 5.82 Å². The van der Waals surface area contributed by atoms with Gasteiger partial charge in [-0.1, -0.05) is 0 Å². The second-order valence-corrected chi connectivity index (χ2v) is 6.78. The molecule has 29 heavy (non-hydrogen) atoms. The molecule has 1 aromatic heterocycles. The molecule has 7 nitrogen and oxygen atoms in total. The number of hydrogen-bond donors (Lipinski definition) is 3. The Morgan fingerprint density at radius 1 is 0.897 bits per heavy atom. The van der Waals surface area contributed by atoms with Gasteiger partial charge in [-0.05, 0) is 61.4 Å². The van der Waals surface area contributed by atoms with Gasteiger partial charge in [0.15, 0.2) is 5.82 Å².